The van der Waals surface area contributed by atoms with E-state index in [1.807, 2.05) is 32.0 Å². The molecule has 27 heavy (non-hydrogen) atoms. The highest BCUT2D eigenvalue weighted by atomic mass is 16.5. The van der Waals surface area contributed by atoms with Crippen molar-refractivity contribution in [1.82, 2.24) is 5.32 Å². The molecular formula is C21H25NO5. The van der Waals surface area contributed by atoms with Gasteiger partial charge in [0.15, 0.2) is 11.5 Å². The maximum atomic E-state index is 12.3. The number of hydrogen-bond acceptors (Lipinski definition) is 4. The second kappa shape index (κ2) is 8.58. The van der Waals surface area contributed by atoms with Crippen LogP contribution in [-0.2, 0) is 16.6 Å². The molecule has 6 nitrogen and oxygen atoms in total. The zero-order chi connectivity index (χ0) is 20.0. The van der Waals surface area contributed by atoms with Crippen LogP contribution in [-0.4, -0.2) is 37.7 Å². The number of methoxy groups -OCH3 is 2. The van der Waals surface area contributed by atoms with Gasteiger partial charge in [0.05, 0.1) is 26.2 Å². The van der Waals surface area contributed by atoms with E-state index in [-0.39, 0.29) is 23.3 Å². The van der Waals surface area contributed by atoms with Gasteiger partial charge in [-0.15, -0.1) is 0 Å². The molecule has 1 amide bonds. The maximum absolute atomic E-state index is 12.3. The first-order chi connectivity index (χ1) is 12.8. The lowest BCUT2D eigenvalue weighted by Crippen LogP contribution is -2.37. The second-order valence-corrected chi connectivity index (χ2v) is 6.91. The van der Waals surface area contributed by atoms with Gasteiger partial charge in [0.25, 0.3) is 0 Å². The molecule has 0 fully saturated rings. The molecular weight excluding hydrogens is 346 g/mol. The maximum Gasteiger partial charge on any atom is 0.335 e. The van der Waals surface area contributed by atoms with Crippen molar-refractivity contribution in [1.29, 1.82) is 0 Å². The molecule has 0 heterocycles. The second-order valence-electron chi connectivity index (χ2n) is 6.91. The number of aromatic carboxylic acids is 1. The summed E-state index contributed by atoms with van der Waals surface area (Å²) in [5.74, 6) is 0.122. The monoisotopic (exact) mass is 371 g/mol. The molecule has 0 aliphatic rings. The van der Waals surface area contributed by atoms with Gasteiger partial charge >= 0.3 is 5.97 Å². The minimum absolute atomic E-state index is 0.128. The van der Waals surface area contributed by atoms with Crippen LogP contribution in [0.1, 0.15) is 35.3 Å². The van der Waals surface area contributed by atoms with Gasteiger partial charge in [-0.05, 0) is 35.4 Å². The van der Waals surface area contributed by atoms with Gasteiger partial charge in [-0.3, -0.25) is 4.79 Å². The Morgan fingerprint density at radius 3 is 2.37 bits per heavy atom. The Balaban J connectivity index is 2.03. The molecule has 0 radical (unpaired) electrons. The molecule has 2 aromatic rings. The van der Waals surface area contributed by atoms with Gasteiger partial charge < -0.3 is 19.9 Å². The van der Waals surface area contributed by atoms with Crippen LogP contribution < -0.4 is 14.8 Å². The van der Waals surface area contributed by atoms with Gasteiger partial charge in [-0.1, -0.05) is 32.0 Å². The molecule has 0 spiro atoms. The molecule has 0 atom stereocenters. The number of hydrogen-bond donors (Lipinski definition) is 2. The van der Waals surface area contributed by atoms with Crippen LogP contribution in [0.25, 0.3) is 0 Å². The Labute approximate surface area is 159 Å². The molecule has 0 saturated carbocycles. The summed E-state index contributed by atoms with van der Waals surface area (Å²) >= 11 is 0. The number of nitrogens with one attached hydrogen (secondary N) is 1. The standard InChI is InChI=1S/C21H25NO5/c1-21(2,16-8-9-17(26-3)18(12-16)27-4)13-22-19(23)11-14-6-5-7-15(10-14)20(24)25/h5-10,12H,11,13H2,1-4H3,(H,22,23)(H,24,25). The lowest BCUT2D eigenvalue weighted by Gasteiger charge is -2.26. The summed E-state index contributed by atoms with van der Waals surface area (Å²) in [6.45, 7) is 4.49. The normalized spacial score (nSPS) is 11.0. The molecule has 0 aliphatic heterocycles. The fourth-order valence-corrected chi connectivity index (χ4v) is 2.74. The van der Waals surface area contributed by atoms with Crippen molar-refractivity contribution in [2.24, 2.45) is 0 Å². The molecule has 0 bridgehead atoms. The number of carboxylic acid groups (broad SMARTS) is 1. The van der Waals surface area contributed by atoms with Crippen LogP contribution in [0.2, 0.25) is 0 Å². The highest BCUT2D eigenvalue weighted by Crippen LogP contribution is 2.32. The van der Waals surface area contributed by atoms with Crippen molar-refractivity contribution in [3.63, 3.8) is 0 Å². The number of benzene rings is 2. The van der Waals surface area contributed by atoms with E-state index in [2.05, 4.69) is 5.32 Å². The fraction of sp³-hybridized carbons (Fsp3) is 0.333. The summed E-state index contributed by atoms with van der Waals surface area (Å²) in [4.78, 5) is 23.3. The van der Waals surface area contributed by atoms with Crippen molar-refractivity contribution in [2.45, 2.75) is 25.7 Å². The Hall–Kier alpha value is -3.02. The molecule has 0 saturated heterocycles. The zero-order valence-corrected chi connectivity index (χ0v) is 16.0. The SMILES string of the molecule is COc1ccc(C(C)(C)CNC(=O)Cc2cccc(C(=O)O)c2)cc1OC. The largest absolute Gasteiger partial charge is 0.493 e. The molecule has 2 aromatic carbocycles. The molecule has 2 rings (SSSR count). The Kier molecular flexibility index (Phi) is 6.45. The number of carbonyl (C=O) groups excluding carboxylic acids is 1. The van der Waals surface area contributed by atoms with E-state index in [0.717, 1.165) is 5.56 Å². The first-order valence-electron chi connectivity index (χ1n) is 8.58. The third-order valence-corrected chi connectivity index (χ3v) is 4.43. The van der Waals surface area contributed by atoms with Crippen molar-refractivity contribution in [2.75, 3.05) is 20.8 Å². The molecule has 6 heteroatoms. The van der Waals surface area contributed by atoms with Crippen LogP contribution in [0, 0.1) is 0 Å². The minimum atomic E-state index is -1.01. The van der Waals surface area contributed by atoms with Crippen molar-refractivity contribution < 1.29 is 24.2 Å². The zero-order valence-electron chi connectivity index (χ0n) is 16.0. The first-order valence-corrected chi connectivity index (χ1v) is 8.58. The Morgan fingerprint density at radius 1 is 1.04 bits per heavy atom. The van der Waals surface area contributed by atoms with Gasteiger partial charge in [0, 0.05) is 12.0 Å². The lowest BCUT2D eigenvalue weighted by atomic mass is 9.84. The first kappa shape index (κ1) is 20.3. The van der Waals surface area contributed by atoms with E-state index >= 15 is 0 Å². The quantitative estimate of drug-likeness (QED) is 0.745. The minimum Gasteiger partial charge on any atom is -0.493 e. The van der Waals surface area contributed by atoms with Gasteiger partial charge in [-0.2, -0.15) is 0 Å². The number of carbonyl (C=O) groups is 2. The summed E-state index contributed by atoms with van der Waals surface area (Å²) in [6, 6.07) is 12.1. The average Bonchev–Trinajstić information content (AvgIpc) is 2.66. The van der Waals surface area contributed by atoms with E-state index in [1.54, 1.807) is 26.4 Å². The molecule has 0 aliphatic carbocycles. The van der Waals surface area contributed by atoms with E-state index in [4.69, 9.17) is 14.6 Å². The van der Waals surface area contributed by atoms with Crippen LogP contribution in [0.5, 0.6) is 11.5 Å². The highest BCUT2D eigenvalue weighted by Gasteiger charge is 2.23. The van der Waals surface area contributed by atoms with Crippen LogP contribution in [0.4, 0.5) is 0 Å². The van der Waals surface area contributed by atoms with Crippen LogP contribution in [0.15, 0.2) is 42.5 Å². The highest BCUT2D eigenvalue weighted by molar-refractivity contribution is 5.88. The summed E-state index contributed by atoms with van der Waals surface area (Å²) in [5.41, 5.74) is 1.52. The third-order valence-electron chi connectivity index (χ3n) is 4.43. The van der Waals surface area contributed by atoms with E-state index in [9.17, 15) is 9.59 Å². The molecule has 0 unspecified atom stereocenters. The number of amides is 1. The topological polar surface area (TPSA) is 84.9 Å². The van der Waals surface area contributed by atoms with Crippen LogP contribution in [0.3, 0.4) is 0 Å². The summed E-state index contributed by atoms with van der Waals surface area (Å²) in [6.07, 6.45) is 0.128. The predicted octanol–water partition coefficient (Wildman–Crippen LogP) is 3.04. The predicted molar refractivity (Wildman–Crippen MR) is 103 cm³/mol. The van der Waals surface area contributed by atoms with E-state index < -0.39 is 5.97 Å². The Morgan fingerprint density at radius 2 is 1.74 bits per heavy atom. The summed E-state index contributed by atoms with van der Waals surface area (Å²) in [5, 5.41) is 12.0. The van der Waals surface area contributed by atoms with Crippen molar-refractivity contribution in [3.05, 3.63) is 59.2 Å². The van der Waals surface area contributed by atoms with E-state index in [0.29, 0.717) is 23.6 Å². The summed E-state index contributed by atoms with van der Waals surface area (Å²) < 4.78 is 10.6. The number of rotatable bonds is 8. The van der Waals surface area contributed by atoms with E-state index in [1.165, 1.54) is 12.1 Å². The van der Waals surface area contributed by atoms with Gasteiger partial charge in [0.2, 0.25) is 5.91 Å². The molecule has 0 aromatic heterocycles. The lowest BCUT2D eigenvalue weighted by molar-refractivity contribution is -0.120. The summed E-state index contributed by atoms with van der Waals surface area (Å²) in [7, 11) is 3.17. The van der Waals surface area contributed by atoms with Crippen LogP contribution >= 0.6 is 0 Å². The number of ether oxygens (including phenoxy) is 2. The van der Waals surface area contributed by atoms with Gasteiger partial charge in [-0.25, -0.2) is 4.79 Å². The number of carboxylic acids is 1. The molecule has 2 N–H and O–H groups in total. The van der Waals surface area contributed by atoms with Crippen molar-refractivity contribution >= 4 is 11.9 Å². The van der Waals surface area contributed by atoms with Gasteiger partial charge in [0.1, 0.15) is 0 Å². The fourth-order valence-electron chi connectivity index (χ4n) is 2.74. The van der Waals surface area contributed by atoms with Crippen molar-refractivity contribution in [3.8, 4) is 11.5 Å². The average molecular weight is 371 g/mol. The smallest absolute Gasteiger partial charge is 0.335 e. The third kappa shape index (κ3) is 5.23. The molecule has 144 valence electrons. The Bertz CT molecular complexity index is 829.